The van der Waals surface area contributed by atoms with E-state index in [0.717, 1.165) is 28.4 Å². The van der Waals surface area contributed by atoms with Crippen molar-refractivity contribution in [3.63, 3.8) is 0 Å². The first-order valence-corrected chi connectivity index (χ1v) is 19.5. The van der Waals surface area contributed by atoms with Gasteiger partial charge in [-0.05, 0) is 89.5 Å². The number of benzene rings is 9. The molecule has 0 saturated carbocycles. The lowest BCUT2D eigenvalue weighted by molar-refractivity contribution is 1.17. The van der Waals surface area contributed by atoms with Gasteiger partial charge in [0, 0.05) is 55.5 Å². The van der Waals surface area contributed by atoms with Gasteiger partial charge in [-0.25, -0.2) is 0 Å². The van der Waals surface area contributed by atoms with Crippen molar-refractivity contribution in [3.8, 4) is 33.6 Å². The van der Waals surface area contributed by atoms with Gasteiger partial charge in [0.1, 0.15) is 0 Å². The van der Waals surface area contributed by atoms with Crippen LogP contribution in [-0.2, 0) is 0 Å². The zero-order valence-electron chi connectivity index (χ0n) is 31.2. The molecular weight excluding hydrogens is 691 g/mol. The van der Waals surface area contributed by atoms with E-state index >= 15 is 0 Å². The Balaban J connectivity index is 1.07. The fourth-order valence-electron chi connectivity index (χ4n) is 8.74. The quantitative estimate of drug-likeness (QED) is 0.159. The van der Waals surface area contributed by atoms with Crippen LogP contribution in [0.3, 0.4) is 0 Å². The lowest BCUT2D eigenvalue weighted by atomic mass is 10.0. The topological polar surface area (TPSA) is 13.1 Å². The fraction of sp³-hybridized carbons (Fsp3) is 0. The van der Waals surface area contributed by atoms with E-state index in [0.29, 0.717) is 0 Å². The summed E-state index contributed by atoms with van der Waals surface area (Å²) < 4.78 is 4.80. The van der Waals surface area contributed by atoms with Crippen molar-refractivity contribution in [2.75, 3.05) is 4.90 Å². The van der Waals surface area contributed by atoms with Crippen LogP contribution in [0.25, 0.3) is 77.2 Å². The maximum Gasteiger partial charge on any atom is 0.0619 e. The number of para-hydroxylation sites is 5. The van der Waals surface area contributed by atoms with Crippen LogP contribution in [0, 0.1) is 0 Å². The van der Waals surface area contributed by atoms with Gasteiger partial charge in [-0.2, -0.15) is 0 Å². The number of hydrogen-bond donors (Lipinski definition) is 0. The van der Waals surface area contributed by atoms with Crippen LogP contribution in [0.4, 0.5) is 17.1 Å². The Morgan fingerprint density at radius 2 is 0.737 bits per heavy atom. The van der Waals surface area contributed by atoms with E-state index in [9.17, 15) is 0 Å². The van der Waals surface area contributed by atoms with Gasteiger partial charge in [0.2, 0.25) is 0 Å². The molecule has 268 valence electrons. The molecule has 0 bridgehead atoms. The van der Waals surface area contributed by atoms with E-state index in [1.54, 1.807) is 0 Å². The third-order valence-corrected chi connectivity index (χ3v) is 11.3. The molecule has 11 rings (SSSR count). The first-order valence-electron chi connectivity index (χ1n) is 19.5. The van der Waals surface area contributed by atoms with Crippen molar-refractivity contribution < 1.29 is 0 Å². The highest BCUT2D eigenvalue weighted by Crippen LogP contribution is 2.42. The summed E-state index contributed by atoms with van der Waals surface area (Å²) in [6, 6.07) is 81.0. The van der Waals surface area contributed by atoms with Crippen molar-refractivity contribution >= 4 is 60.7 Å². The van der Waals surface area contributed by atoms with Gasteiger partial charge in [-0.15, -0.1) is 0 Å². The average Bonchev–Trinajstić information content (AvgIpc) is 3.81. The normalized spacial score (nSPS) is 11.5. The van der Waals surface area contributed by atoms with Crippen molar-refractivity contribution in [1.82, 2.24) is 9.13 Å². The Labute approximate surface area is 331 Å². The largest absolute Gasteiger partial charge is 0.310 e. The monoisotopic (exact) mass is 727 g/mol. The van der Waals surface area contributed by atoms with E-state index in [1.807, 2.05) is 0 Å². The predicted molar refractivity (Wildman–Crippen MR) is 241 cm³/mol. The molecule has 9 aromatic carbocycles. The van der Waals surface area contributed by atoms with Crippen LogP contribution in [0.15, 0.2) is 224 Å². The molecule has 11 aromatic rings. The Kier molecular flexibility index (Phi) is 7.82. The van der Waals surface area contributed by atoms with Crippen molar-refractivity contribution in [1.29, 1.82) is 0 Å². The molecule has 0 atom stereocenters. The SMILES string of the molecule is c1ccc(-c2ccc(N(c3ccc(-c4cccc5c6ccccc6n(-c6ccccc6)c45)cc3)c3cccc(-n4c5ccccc5c5ccccc54)c3)cc2)cc1. The minimum atomic E-state index is 1.08. The molecule has 3 nitrogen and oxygen atoms in total. The number of fused-ring (bicyclic) bond motifs is 6. The summed E-state index contributed by atoms with van der Waals surface area (Å²) >= 11 is 0. The molecule has 0 radical (unpaired) electrons. The minimum absolute atomic E-state index is 1.08. The van der Waals surface area contributed by atoms with Crippen LogP contribution in [0.5, 0.6) is 0 Å². The molecule has 0 saturated heterocycles. The Hall–Kier alpha value is -7.62. The van der Waals surface area contributed by atoms with Gasteiger partial charge in [0.25, 0.3) is 0 Å². The molecule has 0 aliphatic rings. The summed E-state index contributed by atoms with van der Waals surface area (Å²) in [6.07, 6.45) is 0. The first kappa shape index (κ1) is 32.8. The molecule has 0 N–H and O–H groups in total. The highest BCUT2D eigenvalue weighted by atomic mass is 15.1. The highest BCUT2D eigenvalue weighted by Gasteiger charge is 2.19. The highest BCUT2D eigenvalue weighted by molar-refractivity contribution is 6.14. The molecule has 0 unspecified atom stereocenters. The van der Waals surface area contributed by atoms with Gasteiger partial charge in [-0.1, -0.05) is 152 Å². The molecule has 0 aliphatic carbocycles. The second kappa shape index (κ2) is 13.6. The van der Waals surface area contributed by atoms with E-state index < -0.39 is 0 Å². The molecule has 0 amide bonds. The summed E-state index contributed by atoms with van der Waals surface area (Å²) in [5.74, 6) is 0. The van der Waals surface area contributed by atoms with Gasteiger partial charge < -0.3 is 14.0 Å². The van der Waals surface area contributed by atoms with E-state index in [1.165, 1.54) is 65.9 Å². The zero-order valence-corrected chi connectivity index (χ0v) is 31.2. The summed E-state index contributed by atoms with van der Waals surface area (Å²) in [6.45, 7) is 0. The Morgan fingerprint density at radius 3 is 1.37 bits per heavy atom. The van der Waals surface area contributed by atoms with Crippen LogP contribution in [0.1, 0.15) is 0 Å². The molecule has 2 aromatic heterocycles. The average molecular weight is 728 g/mol. The molecule has 0 aliphatic heterocycles. The van der Waals surface area contributed by atoms with Gasteiger partial charge >= 0.3 is 0 Å². The number of nitrogens with zero attached hydrogens (tertiary/aromatic N) is 3. The first-order chi connectivity index (χ1) is 28.3. The molecular formula is C54H37N3. The molecule has 2 heterocycles. The van der Waals surface area contributed by atoms with Crippen LogP contribution >= 0.6 is 0 Å². The van der Waals surface area contributed by atoms with E-state index in [-0.39, 0.29) is 0 Å². The predicted octanol–water partition coefficient (Wildman–Crippen LogP) is 14.7. The summed E-state index contributed by atoms with van der Waals surface area (Å²) in [4.78, 5) is 2.37. The number of rotatable bonds is 7. The number of anilines is 3. The number of aromatic nitrogens is 2. The smallest absolute Gasteiger partial charge is 0.0619 e. The third kappa shape index (κ3) is 5.51. The molecule has 3 heteroatoms. The Bertz CT molecular complexity index is 3160. The fourth-order valence-corrected chi connectivity index (χ4v) is 8.74. The maximum absolute atomic E-state index is 2.41. The van der Waals surface area contributed by atoms with Crippen LogP contribution in [0.2, 0.25) is 0 Å². The molecule has 0 spiro atoms. The second-order valence-corrected chi connectivity index (χ2v) is 14.6. The summed E-state index contributed by atoms with van der Waals surface area (Å²) in [7, 11) is 0. The third-order valence-electron chi connectivity index (χ3n) is 11.3. The van der Waals surface area contributed by atoms with Gasteiger partial charge in [0.15, 0.2) is 0 Å². The van der Waals surface area contributed by atoms with Gasteiger partial charge in [-0.3, -0.25) is 0 Å². The van der Waals surface area contributed by atoms with E-state index in [4.69, 9.17) is 0 Å². The standard InChI is InChI=1S/C54H37N3/c1-3-15-38(16-4-1)39-29-33-42(34-30-39)55(44-19-13-20-45(37-44)56-51-26-10-7-21-47(51)48-22-8-11-27-52(48)56)43-35-31-40(32-36-43)46-24-14-25-50-49-23-9-12-28-53(49)57(54(46)50)41-17-5-2-6-18-41/h1-37H. The van der Waals surface area contributed by atoms with Crippen LogP contribution in [-0.4, -0.2) is 9.13 Å². The zero-order chi connectivity index (χ0) is 37.7. The van der Waals surface area contributed by atoms with E-state index in [2.05, 4.69) is 238 Å². The molecule has 57 heavy (non-hydrogen) atoms. The summed E-state index contributed by atoms with van der Waals surface area (Å²) in [5, 5.41) is 5.01. The lowest BCUT2D eigenvalue weighted by Gasteiger charge is -2.27. The molecule has 0 fully saturated rings. The van der Waals surface area contributed by atoms with Crippen molar-refractivity contribution in [3.05, 3.63) is 224 Å². The summed E-state index contributed by atoms with van der Waals surface area (Å²) in [5.41, 5.74) is 15.1. The van der Waals surface area contributed by atoms with Crippen LogP contribution < -0.4 is 4.90 Å². The minimum Gasteiger partial charge on any atom is -0.310 e. The van der Waals surface area contributed by atoms with Crippen molar-refractivity contribution in [2.45, 2.75) is 0 Å². The lowest BCUT2D eigenvalue weighted by Crippen LogP contribution is -2.10. The maximum atomic E-state index is 2.41. The number of hydrogen-bond acceptors (Lipinski definition) is 1. The Morgan fingerprint density at radius 1 is 0.281 bits per heavy atom. The van der Waals surface area contributed by atoms with Gasteiger partial charge in [0.05, 0.1) is 22.1 Å². The second-order valence-electron chi connectivity index (χ2n) is 14.6. The van der Waals surface area contributed by atoms with Crippen molar-refractivity contribution in [2.24, 2.45) is 0 Å².